The third kappa shape index (κ3) is 4.41. The standard InChI is InChI=1S/C21H26N4O6S2/c1-17-3-7-19(8-4-17)32(28,29)23-12-11-22-13-21(14-23,25(26)27)15-24(16-22)33(30,31)20-9-5-18(2)6-10-20/h3-10H,11-16H2,1-2H3/p+1/t21-/m0/s1. The normalized spacial score (nSPS) is 24.8. The zero-order valence-electron chi connectivity index (χ0n) is 18.5. The van der Waals surface area contributed by atoms with E-state index < -0.39 is 30.5 Å². The lowest BCUT2D eigenvalue weighted by Crippen LogP contribution is -3.17. The molecule has 0 saturated carbocycles. The Morgan fingerprint density at radius 3 is 1.79 bits per heavy atom. The van der Waals surface area contributed by atoms with Gasteiger partial charge in [-0.2, -0.15) is 4.31 Å². The molecule has 2 aromatic rings. The number of rotatable bonds is 5. The van der Waals surface area contributed by atoms with E-state index in [1.807, 2.05) is 13.8 Å². The van der Waals surface area contributed by atoms with Crippen molar-refractivity contribution in [3.05, 3.63) is 69.8 Å². The Bertz CT molecular complexity index is 1190. The Labute approximate surface area is 193 Å². The molecule has 12 heteroatoms. The van der Waals surface area contributed by atoms with Gasteiger partial charge in [0.05, 0.1) is 36.0 Å². The zero-order chi connectivity index (χ0) is 24.0. The molecule has 4 rings (SSSR count). The molecule has 10 nitrogen and oxygen atoms in total. The molecule has 1 unspecified atom stereocenters. The molecule has 33 heavy (non-hydrogen) atoms. The van der Waals surface area contributed by atoms with Gasteiger partial charge in [-0.3, -0.25) is 10.1 Å². The molecule has 0 radical (unpaired) electrons. The number of nitrogens with one attached hydrogen (secondary N) is 1. The first-order chi connectivity index (χ1) is 15.4. The van der Waals surface area contributed by atoms with E-state index in [1.54, 1.807) is 24.3 Å². The van der Waals surface area contributed by atoms with E-state index in [9.17, 15) is 26.9 Å². The van der Waals surface area contributed by atoms with Crippen LogP contribution in [0.2, 0.25) is 0 Å². The fraction of sp³-hybridized carbons (Fsp3) is 0.429. The second kappa shape index (κ2) is 8.44. The summed E-state index contributed by atoms with van der Waals surface area (Å²) in [6.07, 6.45) is 0. The lowest BCUT2D eigenvalue weighted by molar-refractivity contribution is -0.929. The number of fused-ring (bicyclic) bond motifs is 2. The van der Waals surface area contributed by atoms with Gasteiger partial charge in [0.2, 0.25) is 20.0 Å². The van der Waals surface area contributed by atoms with Gasteiger partial charge in [0, 0.05) is 4.92 Å². The summed E-state index contributed by atoms with van der Waals surface area (Å²) >= 11 is 0. The minimum Gasteiger partial charge on any atom is -0.314 e. The van der Waals surface area contributed by atoms with Crippen molar-refractivity contribution in [2.45, 2.75) is 29.2 Å². The number of benzene rings is 2. The Morgan fingerprint density at radius 2 is 1.30 bits per heavy atom. The van der Waals surface area contributed by atoms with Gasteiger partial charge in [-0.05, 0) is 38.1 Å². The van der Waals surface area contributed by atoms with Gasteiger partial charge in [0.15, 0.2) is 6.54 Å². The SMILES string of the molecule is Cc1ccc(S(=O)(=O)N2CC[NH+]3CN(S(=O)(=O)c4ccc(C)cc4)C[C@@]([N+](=O)[O-])(C2)C3)cc1. The van der Waals surface area contributed by atoms with Crippen LogP contribution in [0.4, 0.5) is 0 Å². The summed E-state index contributed by atoms with van der Waals surface area (Å²) in [6, 6.07) is 12.7. The minimum atomic E-state index is -3.98. The summed E-state index contributed by atoms with van der Waals surface area (Å²) in [5, 5.41) is 12.3. The molecule has 2 saturated heterocycles. The van der Waals surface area contributed by atoms with Gasteiger partial charge in [-0.1, -0.05) is 35.4 Å². The van der Waals surface area contributed by atoms with Crippen molar-refractivity contribution in [2.75, 3.05) is 39.4 Å². The second-order valence-corrected chi connectivity index (χ2v) is 12.8. The quantitative estimate of drug-likeness (QED) is 0.456. The highest BCUT2D eigenvalue weighted by Crippen LogP contribution is 2.26. The predicted molar refractivity (Wildman–Crippen MR) is 120 cm³/mol. The third-order valence-corrected chi connectivity index (χ3v) is 10.0. The van der Waals surface area contributed by atoms with Crippen LogP contribution in [-0.4, -0.2) is 75.3 Å². The van der Waals surface area contributed by atoms with Crippen molar-refractivity contribution in [1.29, 1.82) is 0 Å². The van der Waals surface area contributed by atoms with Crippen molar-refractivity contribution in [3.8, 4) is 0 Å². The van der Waals surface area contributed by atoms with Crippen LogP contribution in [0.5, 0.6) is 0 Å². The first-order valence-electron chi connectivity index (χ1n) is 10.6. The summed E-state index contributed by atoms with van der Waals surface area (Å²) in [4.78, 5) is 12.6. The number of quaternary nitrogens is 1. The minimum absolute atomic E-state index is 0.0459. The molecule has 1 N–H and O–H groups in total. The molecular weight excluding hydrogens is 468 g/mol. The van der Waals surface area contributed by atoms with Crippen LogP contribution >= 0.6 is 0 Å². The predicted octanol–water partition coefficient (Wildman–Crippen LogP) is -0.130. The van der Waals surface area contributed by atoms with Gasteiger partial charge in [0.1, 0.15) is 6.67 Å². The number of nitrogens with zero attached hydrogens (tertiary/aromatic N) is 3. The molecule has 2 aromatic carbocycles. The van der Waals surface area contributed by atoms with Crippen molar-refractivity contribution in [1.82, 2.24) is 8.61 Å². The Hall–Kier alpha value is -2.38. The average molecular weight is 496 g/mol. The van der Waals surface area contributed by atoms with Crippen molar-refractivity contribution >= 4 is 20.0 Å². The van der Waals surface area contributed by atoms with E-state index in [0.29, 0.717) is 4.90 Å². The summed E-state index contributed by atoms with van der Waals surface area (Å²) in [7, 11) is -7.95. The number of sulfonamides is 2. The van der Waals surface area contributed by atoms with Gasteiger partial charge in [-0.15, -0.1) is 4.31 Å². The van der Waals surface area contributed by atoms with Crippen LogP contribution < -0.4 is 4.90 Å². The number of hydrogen-bond acceptors (Lipinski definition) is 6. The van der Waals surface area contributed by atoms with E-state index in [-0.39, 0.29) is 49.2 Å². The zero-order valence-corrected chi connectivity index (χ0v) is 20.1. The highest BCUT2D eigenvalue weighted by molar-refractivity contribution is 7.89. The van der Waals surface area contributed by atoms with Crippen LogP contribution in [-0.2, 0) is 20.0 Å². The molecule has 2 aliphatic heterocycles. The van der Waals surface area contributed by atoms with Crippen LogP contribution in [0, 0.1) is 24.0 Å². The number of aryl methyl sites for hydroxylation is 2. The number of hydrogen-bond donors (Lipinski definition) is 1. The van der Waals surface area contributed by atoms with E-state index in [0.717, 1.165) is 19.7 Å². The summed E-state index contributed by atoms with van der Waals surface area (Å²) < 4.78 is 55.5. The summed E-state index contributed by atoms with van der Waals surface area (Å²) in [5.41, 5.74) is 0.0453. The first-order valence-corrected chi connectivity index (χ1v) is 13.4. The highest BCUT2D eigenvalue weighted by Gasteiger charge is 2.58. The van der Waals surface area contributed by atoms with Gasteiger partial charge >= 0.3 is 0 Å². The maximum absolute atomic E-state index is 13.3. The van der Waals surface area contributed by atoms with E-state index in [1.165, 1.54) is 24.3 Å². The van der Waals surface area contributed by atoms with Crippen LogP contribution in [0.25, 0.3) is 0 Å². The molecule has 2 heterocycles. The van der Waals surface area contributed by atoms with Crippen molar-refractivity contribution in [2.24, 2.45) is 0 Å². The first kappa shape index (κ1) is 23.8. The Balaban J connectivity index is 1.69. The van der Waals surface area contributed by atoms with E-state index in [2.05, 4.69) is 0 Å². The van der Waals surface area contributed by atoms with Gasteiger partial charge in [-0.25, -0.2) is 16.8 Å². The Kier molecular flexibility index (Phi) is 6.08. The molecule has 0 amide bonds. The van der Waals surface area contributed by atoms with Crippen molar-refractivity contribution in [3.63, 3.8) is 0 Å². The van der Waals surface area contributed by atoms with Crippen LogP contribution in [0.15, 0.2) is 58.3 Å². The largest absolute Gasteiger partial charge is 0.314 e. The van der Waals surface area contributed by atoms with E-state index >= 15 is 0 Å². The maximum atomic E-state index is 13.3. The lowest BCUT2D eigenvalue weighted by atomic mass is 9.98. The molecule has 2 bridgehead atoms. The van der Waals surface area contributed by atoms with Gasteiger partial charge < -0.3 is 4.90 Å². The Morgan fingerprint density at radius 1 is 0.848 bits per heavy atom. The van der Waals surface area contributed by atoms with Gasteiger partial charge in [0.25, 0.3) is 5.54 Å². The summed E-state index contributed by atoms with van der Waals surface area (Å²) in [5.74, 6) is 0. The van der Waals surface area contributed by atoms with Crippen LogP contribution in [0.3, 0.4) is 0 Å². The number of nitro groups is 1. The monoisotopic (exact) mass is 495 g/mol. The maximum Gasteiger partial charge on any atom is 0.296 e. The molecule has 2 aliphatic rings. The molecule has 0 aromatic heterocycles. The smallest absolute Gasteiger partial charge is 0.296 e. The third-order valence-electron chi connectivity index (χ3n) is 6.34. The summed E-state index contributed by atoms with van der Waals surface area (Å²) in [6.45, 7) is 3.34. The molecule has 0 aliphatic carbocycles. The fourth-order valence-electron chi connectivity index (χ4n) is 4.45. The second-order valence-electron chi connectivity index (χ2n) is 8.90. The average Bonchev–Trinajstić information content (AvgIpc) is 2.90. The van der Waals surface area contributed by atoms with Crippen molar-refractivity contribution < 1.29 is 26.7 Å². The molecular formula is C21H27N4O6S2+. The fourth-order valence-corrected chi connectivity index (χ4v) is 7.51. The van der Waals surface area contributed by atoms with Crippen LogP contribution in [0.1, 0.15) is 11.1 Å². The van der Waals surface area contributed by atoms with E-state index in [4.69, 9.17) is 0 Å². The highest BCUT2D eigenvalue weighted by atomic mass is 32.2. The molecule has 2 fully saturated rings. The lowest BCUT2D eigenvalue weighted by Gasteiger charge is -2.37. The molecule has 178 valence electrons. The molecule has 0 spiro atoms. The topological polar surface area (TPSA) is 122 Å². The molecule has 2 atom stereocenters.